The first-order valence-electron chi connectivity index (χ1n) is 13.0. The summed E-state index contributed by atoms with van der Waals surface area (Å²) in [6.07, 6.45) is 4.05. The molecule has 2 aromatic heterocycles. The molecule has 0 saturated heterocycles. The van der Waals surface area contributed by atoms with E-state index in [0.717, 1.165) is 37.3 Å². The van der Waals surface area contributed by atoms with E-state index >= 15 is 0 Å². The van der Waals surface area contributed by atoms with Gasteiger partial charge in [-0.2, -0.15) is 0 Å². The molecule has 4 rings (SSSR count). The molecule has 3 aromatic rings. The van der Waals surface area contributed by atoms with Gasteiger partial charge < -0.3 is 0 Å². The summed E-state index contributed by atoms with van der Waals surface area (Å²) in [4.78, 5) is 17.4. The van der Waals surface area contributed by atoms with Gasteiger partial charge in [0, 0.05) is 53.3 Å². The van der Waals surface area contributed by atoms with E-state index in [2.05, 4.69) is 99.4 Å². The predicted octanol–water partition coefficient (Wildman–Crippen LogP) is 7.36. The zero-order valence-electron chi connectivity index (χ0n) is 23.8. The number of hydrogen-bond donors (Lipinski definition) is 0. The average Bonchev–Trinajstić information content (AvgIpc) is 3.17. The van der Waals surface area contributed by atoms with Crippen LogP contribution in [0.2, 0.25) is 0 Å². The second-order valence-corrected chi connectivity index (χ2v) is 15.1. The minimum atomic E-state index is -0.0183. The Morgan fingerprint density at radius 3 is 2.14 bits per heavy atom. The molecular weight excluding hydrogens is 448 g/mol. The third-order valence-electron chi connectivity index (χ3n) is 7.16. The van der Waals surface area contributed by atoms with Gasteiger partial charge in [0.1, 0.15) is 5.82 Å². The Kier molecular flexibility index (Phi) is 6.46. The van der Waals surface area contributed by atoms with E-state index in [4.69, 9.17) is 15.0 Å². The second-order valence-electron chi connectivity index (χ2n) is 14.1. The lowest BCUT2D eigenvalue weighted by Gasteiger charge is -2.41. The topological polar surface area (TPSA) is 41.9 Å². The predicted molar refractivity (Wildman–Crippen MR) is 150 cm³/mol. The smallest absolute Gasteiger partial charge is 0.133 e. The van der Waals surface area contributed by atoms with E-state index in [-0.39, 0.29) is 21.8 Å². The average molecular weight is 493 g/mol. The molecule has 0 saturated carbocycles. The van der Waals surface area contributed by atoms with Gasteiger partial charge in [-0.05, 0) is 42.9 Å². The molecule has 1 aliphatic rings. The summed E-state index contributed by atoms with van der Waals surface area (Å²) in [5.41, 5.74) is 6.59. The van der Waals surface area contributed by atoms with Gasteiger partial charge in [-0.25, -0.2) is 15.0 Å². The molecule has 1 aliphatic heterocycles. The maximum absolute atomic E-state index is 5.11. The molecule has 0 bridgehead atoms. The number of fused-ring (bicyclic) bond motifs is 2. The first-order valence-corrected chi connectivity index (χ1v) is 13.8. The molecule has 190 valence electrons. The van der Waals surface area contributed by atoms with Crippen molar-refractivity contribution >= 4 is 21.6 Å². The van der Waals surface area contributed by atoms with Crippen molar-refractivity contribution in [3.05, 3.63) is 51.5 Å². The Balaban J connectivity index is 1.68. The molecule has 0 unspecified atom stereocenters. The molecule has 0 amide bonds. The zero-order valence-corrected chi connectivity index (χ0v) is 24.6. The lowest BCUT2D eigenvalue weighted by atomic mass is 9.83. The molecule has 0 atom stereocenters. The quantitative estimate of drug-likeness (QED) is 0.383. The van der Waals surface area contributed by atoms with Crippen LogP contribution in [0.1, 0.15) is 109 Å². The van der Waals surface area contributed by atoms with Crippen LogP contribution < -0.4 is 0 Å². The van der Waals surface area contributed by atoms with Crippen LogP contribution in [-0.2, 0) is 35.6 Å². The van der Waals surface area contributed by atoms with Gasteiger partial charge in [0.05, 0.1) is 15.2 Å². The van der Waals surface area contributed by atoms with Gasteiger partial charge in [0.2, 0.25) is 0 Å². The van der Waals surface area contributed by atoms with E-state index in [1.807, 2.05) is 11.3 Å². The van der Waals surface area contributed by atoms with Crippen LogP contribution in [0.15, 0.2) is 18.3 Å². The first kappa shape index (κ1) is 26.2. The van der Waals surface area contributed by atoms with Crippen molar-refractivity contribution in [1.82, 2.24) is 19.9 Å². The molecule has 0 fully saturated rings. The molecule has 4 nitrogen and oxygen atoms in total. The maximum Gasteiger partial charge on any atom is 0.133 e. The summed E-state index contributed by atoms with van der Waals surface area (Å²) in [5, 5.41) is 1.22. The third kappa shape index (κ3) is 5.46. The normalized spacial score (nSPS) is 16.1. The Bertz CT molecular complexity index is 1230. The fourth-order valence-corrected chi connectivity index (χ4v) is 5.87. The molecule has 0 N–H and O–H groups in total. The first-order chi connectivity index (χ1) is 15.9. The molecule has 0 aliphatic carbocycles. The van der Waals surface area contributed by atoms with Crippen LogP contribution in [0, 0.1) is 0 Å². The summed E-state index contributed by atoms with van der Waals surface area (Å²) in [5.74, 6) is 0.949. The Morgan fingerprint density at radius 2 is 1.54 bits per heavy atom. The van der Waals surface area contributed by atoms with E-state index in [1.165, 1.54) is 32.1 Å². The van der Waals surface area contributed by atoms with Crippen molar-refractivity contribution in [3.63, 3.8) is 0 Å². The summed E-state index contributed by atoms with van der Waals surface area (Å²) >= 11 is 1.88. The minimum Gasteiger partial charge on any atom is -0.293 e. The molecule has 1 aromatic carbocycles. The third-order valence-corrected chi connectivity index (χ3v) is 8.73. The van der Waals surface area contributed by atoms with Gasteiger partial charge in [-0.15, -0.1) is 11.3 Å². The SMILES string of the molecule is CC(C)(C)c1cc(CC(C)(C)N2CCc3nc(C(C)(C)C)ncc3C2)c2sc(C(C)(C)C)nc2c1. The van der Waals surface area contributed by atoms with Crippen LogP contribution in [0.25, 0.3) is 10.2 Å². The molecule has 5 heteroatoms. The van der Waals surface area contributed by atoms with Crippen molar-refractivity contribution in [3.8, 4) is 0 Å². The largest absolute Gasteiger partial charge is 0.293 e. The molecule has 0 radical (unpaired) electrons. The number of thiazole rings is 1. The molecule has 0 spiro atoms. The van der Waals surface area contributed by atoms with E-state index in [9.17, 15) is 0 Å². The summed E-state index contributed by atoms with van der Waals surface area (Å²) in [6.45, 7) is 27.0. The zero-order chi connectivity index (χ0) is 26.0. The fraction of sp³-hybridized carbons (Fsp3) is 0.633. The monoisotopic (exact) mass is 492 g/mol. The van der Waals surface area contributed by atoms with Gasteiger partial charge >= 0.3 is 0 Å². The van der Waals surface area contributed by atoms with Crippen molar-refractivity contribution < 1.29 is 0 Å². The van der Waals surface area contributed by atoms with Crippen molar-refractivity contribution in [2.75, 3.05) is 6.54 Å². The maximum atomic E-state index is 5.11. The Labute approximate surface area is 216 Å². The van der Waals surface area contributed by atoms with Gasteiger partial charge in [-0.3, -0.25) is 4.90 Å². The van der Waals surface area contributed by atoms with Gasteiger partial charge in [-0.1, -0.05) is 68.4 Å². The highest BCUT2D eigenvalue weighted by Crippen LogP contribution is 2.38. The molecule has 3 heterocycles. The van der Waals surface area contributed by atoms with Crippen LogP contribution in [0.4, 0.5) is 0 Å². The van der Waals surface area contributed by atoms with Crippen LogP contribution in [-0.4, -0.2) is 31.9 Å². The van der Waals surface area contributed by atoms with E-state index in [1.54, 1.807) is 0 Å². The highest BCUT2D eigenvalue weighted by Gasteiger charge is 2.33. The molecule has 35 heavy (non-hydrogen) atoms. The minimum absolute atomic E-state index is 0.00963. The Hall–Kier alpha value is -1.85. The van der Waals surface area contributed by atoms with Gasteiger partial charge in [0.15, 0.2) is 0 Å². The van der Waals surface area contributed by atoms with E-state index < -0.39 is 0 Å². The lowest BCUT2D eigenvalue weighted by Crippen LogP contribution is -2.48. The second kappa shape index (κ2) is 8.62. The number of aromatic nitrogens is 3. The Morgan fingerprint density at radius 1 is 0.857 bits per heavy atom. The lowest BCUT2D eigenvalue weighted by molar-refractivity contribution is 0.103. The summed E-state index contributed by atoms with van der Waals surface area (Å²) < 4.78 is 1.35. The van der Waals surface area contributed by atoms with E-state index in [0.29, 0.717) is 0 Å². The van der Waals surface area contributed by atoms with Crippen LogP contribution >= 0.6 is 11.3 Å². The number of benzene rings is 1. The van der Waals surface area contributed by atoms with Crippen LogP contribution in [0.3, 0.4) is 0 Å². The standard InChI is InChI=1S/C30H44N4S/c1-27(2,3)21-14-19(24-23(15-21)33-26(35-24)29(7,8)9)16-30(10,11)34-13-12-22-20(18-34)17-31-25(32-22)28(4,5)6/h14-15,17H,12-13,16,18H2,1-11H3. The van der Waals surface area contributed by atoms with Gasteiger partial charge in [0.25, 0.3) is 0 Å². The van der Waals surface area contributed by atoms with Crippen molar-refractivity contribution in [2.45, 2.75) is 117 Å². The van der Waals surface area contributed by atoms with Crippen molar-refractivity contribution in [2.24, 2.45) is 0 Å². The number of hydrogen-bond acceptors (Lipinski definition) is 5. The number of rotatable bonds is 3. The fourth-order valence-electron chi connectivity index (χ4n) is 4.76. The molecular formula is C30H44N4S. The highest BCUT2D eigenvalue weighted by atomic mass is 32.1. The summed E-state index contributed by atoms with van der Waals surface area (Å²) in [7, 11) is 0. The van der Waals surface area contributed by atoms with Crippen molar-refractivity contribution in [1.29, 1.82) is 0 Å². The van der Waals surface area contributed by atoms with Crippen LogP contribution in [0.5, 0.6) is 0 Å². The number of nitrogens with zero attached hydrogens (tertiary/aromatic N) is 4. The summed E-state index contributed by atoms with van der Waals surface area (Å²) in [6, 6.07) is 4.77. The highest BCUT2D eigenvalue weighted by molar-refractivity contribution is 7.18.